The maximum atomic E-state index is 12.6. The number of nitrogens with zero attached hydrogens (tertiary/aromatic N) is 2. The average molecular weight is 329 g/mol. The van der Waals surface area contributed by atoms with Crippen molar-refractivity contribution in [3.05, 3.63) is 47.8 Å². The maximum Gasteiger partial charge on any atom is 0.254 e. The number of aliphatic hydroxyl groups excluding tert-OH is 1. The van der Waals surface area contributed by atoms with Crippen molar-refractivity contribution in [2.45, 2.75) is 52.1 Å². The SMILES string of the molecule is CCCC(O)CNC(=O)c1cn(-c2ccccc2)nc1C(C)(C)C. The normalized spacial score (nSPS) is 12.9. The molecule has 0 fully saturated rings. The third-order valence-electron chi connectivity index (χ3n) is 3.81. The lowest BCUT2D eigenvalue weighted by Crippen LogP contribution is -2.33. The van der Waals surface area contributed by atoms with Crippen molar-refractivity contribution in [2.75, 3.05) is 6.54 Å². The van der Waals surface area contributed by atoms with E-state index in [0.29, 0.717) is 12.0 Å². The highest BCUT2D eigenvalue weighted by Gasteiger charge is 2.26. The van der Waals surface area contributed by atoms with E-state index in [0.717, 1.165) is 17.8 Å². The van der Waals surface area contributed by atoms with E-state index in [2.05, 4.69) is 10.4 Å². The number of para-hydroxylation sites is 1. The molecular weight excluding hydrogens is 302 g/mol. The number of nitrogens with one attached hydrogen (secondary N) is 1. The van der Waals surface area contributed by atoms with Gasteiger partial charge in [0.15, 0.2) is 0 Å². The Labute approximate surface area is 143 Å². The van der Waals surface area contributed by atoms with Crippen LogP contribution in [0.15, 0.2) is 36.5 Å². The molecule has 0 radical (unpaired) electrons. The predicted molar refractivity (Wildman–Crippen MR) is 95.5 cm³/mol. The minimum Gasteiger partial charge on any atom is -0.391 e. The molecule has 1 unspecified atom stereocenters. The van der Waals surface area contributed by atoms with E-state index < -0.39 is 6.10 Å². The highest BCUT2D eigenvalue weighted by molar-refractivity contribution is 5.95. The summed E-state index contributed by atoms with van der Waals surface area (Å²) in [6.07, 6.45) is 2.81. The van der Waals surface area contributed by atoms with Gasteiger partial charge in [-0.25, -0.2) is 4.68 Å². The first kappa shape index (κ1) is 18.2. The number of carbonyl (C=O) groups is 1. The largest absolute Gasteiger partial charge is 0.391 e. The summed E-state index contributed by atoms with van der Waals surface area (Å²) >= 11 is 0. The average Bonchev–Trinajstić information content (AvgIpc) is 2.99. The van der Waals surface area contributed by atoms with Crippen molar-refractivity contribution in [3.8, 4) is 5.69 Å². The molecule has 0 bridgehead atoms. The smallest absolute Gasteiger partial charge is 0.254 e. The molecule has 0 saturated carbocycles. The van der Waals surface area contributed by atoms with Gasteiger partial charge in [0.2, 0.25) is 0 Å². The zero-order valence-corrected chi connectivity index (χ0v) is 14.9. The van der Waals surface area contributed by atoms with Gasteiger partial charge in [-0.1, -0.05) is 52.3 Å². The second kappa shape index (κ2) is 7.62. The molecule has 5 heteroatoms. The minimum absolute atomic E-state index is 0.197. The molecule has 1 atom stereocenters. The molecule has 5 nitrogen and oxygen atoms in total. The topological polar surface area (TPSA) is 67.2 Å². The van der Waals surface area contributed by atoms with Crippen LogP contribution in [0.1, 0.15) is 56.6 Å². The van der Waals surface area contributed by atoms with Gasteiger partial charge in [0, 0.05) is 18.2 Å². The van der Waals surface area contributed by atoms with Crippen molar-refractivity contribution in [2.24, 2.45) is 0 Å². The second-order valence-electron chi connectivity index (χ2n) is 7.07. The molecule has 0 aliphatic carbocycles. The van der Waals surface area contributed by atoms with Gasteiger partial charge in [0.05, 0.1) is 23.0 Å². The summed E-state index contributed by atoms with van der Waals surface area (Å²) in [6, 6.07) is 9.72. The summed E-state index contributed by atoms with van der Waals surface area (Å²) < 4.78 is 1.73. The molecule has 24 heavy (non-hydrogen) atoms. The van der Waals surface area contributed by atoms with Crippen molar-refractivity contribution < 1.29 is 9.90 Å². The predicted octanol–water partition coefficient (Wildman–Crippen LogP) is 3.06. The molecule has 2 N–H and O–H groups in total. The molecule has 0 saturated heterocycles. The van der Waals surface area contributed by atoms with Gasteiger partial charge >= 0.3 is 0 Å². The van der Waals surface area contributed by atoms with E-state index in [-0.39, 0.29) is 17.9 Å². The first-order chi connectivity index (χ1) is 11.3. The molecule has 1 aromatic carbocycles. The lowest BCUT2D eigenvalue weighted by molar-refractivity contribution is 0.0908. The fourth-order valence-corrected chi connectivity index (χ4v) is 2.55. The van der Waals surface area contributed by atoms with Gasteiger partial charge < -0.3 is 10.4 Å². The number of amides is 1. The van der Waals surface area contributed by atoms with Crippen LogP contribution in [-0.2, 0) is 5.41 Å². The molecule has 2 rings (SSSR count). The molecule has 0 aliphatic heterocycles. The number of benzene rings is 1. The van der Waals surface area contributed by atoms with E-state index >= 15 is 0 Å². The number of rotatable bonds is 6. The van der Waals surface area contributed by atoms with Crippen molar-refractivity contribution in [1.29, 1.82) is 0 Å². The quantitative estimate of drug-likeness (QED) is 0.856. The highest BCUT2D eigenvalue weighted by Crippen LogP contribution is 2.25. The van der Waals surface area contributed by atoms with Gasteiger partial charge in [-0.2, -0.15) is 5.10 Å². The summed E-state index contributed by atoms with van der Waals surface area (Å²) in [5.41, 5.74) is 1.95. The van der Waals surface area contributed by atoms with E-state index in [4.69, 9.17) is 0 Å². The third kappa shape index (κ3) is 4.45. The van der Waals surface area contributed by atoms with E-state index in [1.807, 2.05) is 58.0 Å². The number of carbonyl (C=O) groups excluding carboxylic acids is 1. The fourth-order valence-electron chi connectivity index (χ4n) is 2.55. The van der Waals surface area contributed by atoms with Gasteiger partial charge in [-0.3, -0.25) is 4.79 Å². The van der Waals surface area contributed by atoms with Crippen LogP contribution in [0.4, 0.5) is 0 Å². The Morgan fingerprint density at radius 1 is 1.29 bits per heavy atom. The van der Waals surface area contributed by atoms with Crippen LogP contribution in [-0.4, -0.2) is 33.4 Å². The van der Waals surface area contributed by atoms with Gasteiger partial charge in [0.1, 0.15) is 0 Å². The zero-order valence-electron chi connectivity index (χ0n) is 14.9. The summed E-state index contributed by atoms with van der Waals surface area (Å²) in [5, 5.41) is 17.3. The number of aromatic nitrogens is 2. The van der Waals surface area contributed by atoms with Crippen LogP contribution in [0.25, 0.3) is 5.69 Å². The molecular formula is C19H27N3O2. The summed E-state index contributed by atoms with van der Waals surface area (Å²) in [6.45, 7) is 8.37. The van der Waals surface area contributed by atoms with E-state index in [1.54, 1.807) is 10.9 Å². The van der Waals surface area contributed by atoms with Gasteiger partial charge in [-0.15, -0.1) is 0 Å². The molecule has 2 aromatic rings. The number of hydrogen-bond acceptors (Lipinski definition) is 3. The van der Waals surface area contributed by atoms with Crippen LogP contribution in [0, 0.1) is 0 Å². The van der Waals surface area contributed by atoms with Crippen LogP contribution in [0.3, 0.4) is 0 Å². The molecule has 1 heterocycles. The summed E-state index contributed by atoms with van der Waals surface area (Å²) in [5.74, 6) is -0.197. The fraction of sp³-hybridized carbons (Fsp3) is 0.474. The summed E-state index contributed by atoms with van der Waals surface area (Å²) in [7, 11) is 0. The third-order valence-corrected chi connectivity index (χ3v) is 3.81. The van der Waals surface area contributed by atoms with Gasteiger partial charge in [-0.05, 0) is 18.6 Å². The molecule has 1 amide bonds. The second-order valence-corrected chi connectivity index (χ2v) is 7.07. The highest BCUT2D eigenvalue weighted by atomic mass is 16.3. The van der Waals surface area contributed by atoms with Crippen LogP contribution in [0.2, 0.25) is 0 Å². The number of hydrogen-bond donors (Lipinski definition) is 2. The monoisotopic (exact) mass is 329 g/mol. The van der Waals surface area contributed by atoms with E-state index in [1.165, 1.54) is 0 Å². The Hall–Kier alpha value is -2.14. The Morgan fingerprint density at radius 3 is 2.54 bits per heavy atom. The lowest BCUT2D eigenvalue weighted by atomic mass is 9.89. The van der Waals surface area contributed by atoms with Crippen molar-refractivity contribution in [3.63, 3.8) is 0 Å². The maximum absolute atomic E-state index is 12.6. The first-order valence-corrected chi connectivity index (χ1v) is 8.44. The van der Waals surface area contributed by atoms with Crippen molar-refractivity contribution in [1.82, 2.24) is 15.1 Å². The van der Waals surface area contributed by atoms with Crippen LogP contribution < -0.4 is 5.32 Å². The molecule has 130 valence electrons. The standard InChI is InChI=1S/C19H27N3O2/c1-5-9-15(23)12-20-18(24)16-13-22(14-10-7-6-8-11-14)21-17(16)19(2,3)4/h6-8,10-11,13,15,23H,5,9,12H2,1-4H3,(H,20,24). The number of aliphatic hydroxyl groups is 1. The first-order valence-electron chi connectivity index (χ1n) is 8.44. The van der Waals surface area contributed by atoms with E-state index in [9.17, 15) is 9.90 Å². The Balaban J connectivity index is 2.27. The van der Waals surface area contributed by atoms with Gasteiger partial charge in [0.25, 0.3) is 5.91 Å². The Bertz CT molecular complexity index is 672. The zero-order chi connectivity index (χ0) is 17.7. The van der Waals surface area contributed by atoms with Crippen LogP contribution >= 0.6 is 0 Å². The van der Waals surface area contributed by atoms with Crippen LogP contribution in [0.5, 0.6) is 0 Å². The Kier molecular flexibility index (Phi) is 5.78. The Morgan fingerprint density at radius 2 is 1.96 bits per heavy atom. The lowest BCUT2D eigenvalue weighted by Gasteiger charge is -2.17. The summed E-state index contributed by atoms with van der Waals surface area (Å²) in [4.78, 5) is 12.6. The molecule has 0 aliphatic rings. The van der Waals surface area contributed by atoms with Crippen molar-refractivity contribution >= 4 is 5.91 Å². The minimum atomic E-state index is -0.513. The molecule has 0 spiro atoms. The molecule has 1 aromatic heterocycles.